The summed E-state index contributed by atoms with van der Waals surface area (Å²) in [5, 5.41) is 12.3. The van der Waals surface area contributed by atoms with E-state index in [0.29, 0.717) is 0 Å². The number of benzene rings is 3. The van der Waals surface area contributed by atoms with Crippen molar-refractivity contribution in [1.29, 1.82) is 0 Å². The number of thioether (sulfide) groups is 1. The summed E-state index contributed by atoms with van der Waals surface area (Å²) in [6, 6.07) is 22.1. The number of hydrogen-bond donors (Lipinski definition) is 2. The fourth-order valence-electron chi connectivity index (χ4n) is 4.90. The molecule has 1 fully saturated rings. The summed E-state index contributed by atoms with van der Waals surface area (Å²) >= 11 is 1.75. The van der Waals surface area contributed by atoms with Gasteiger partial charge in [-0.2, -0.15) is 0 Å². The number of likely N-dealkylation sites (tertiary alicyclic amines) is 1. The van der Waals surface area contributed by atoms with Gasteiger partial charge in [-0.3, -0.25) is 0 Å². The quantitative estimate of drug-likeness (QED) is 0.540. The number of aliphatic hydroxyl groups is 1. The van der Waals surface area contributed by atoms with Crippen molar-refractivity contribution in [2.45, 2.75) is 29.1 Å². The monoisotopic (exact) mass is 483 g/mol. The van der Waals surface area contributed by atoms with Crippen LogP contribution < -0.4 is 26.8 Å². The van der Waals surface area contributed by atoms with Crippen LogP contribution in [0.3, 0.4) is 0 Å². The summed E-state index contributed by atoms with van der Waals surface area (Å²) in [5.74, 6) is 2.44. The fourth-order valence-corrected chi connectivity index (χ4v) is 6.00. The molecule has 1 atom stereocenters. The minimum Gasteiger partial charge on any atom is -1.00 e. The third kappa shape index (κ3) is 4.73. The van der Waals surface area contributed by atoms with Crippen molar-refractivity contribution in [3.05, 3.63) is 89.0 Å². The standard InChI is InChI=1S/C27H29NO3S.ClH/c1-30-23-12-13-24-20(18-23)19-32-26-7-3-2-6-25(26)27(24,29)21-8-10-22(11-9-21)31-17-16-28-14-4-5-15-28;/h2-3,6-13,18,29H,4-5,14-17,19H2,1H3;1H. The summed E-state index contributed by atoms with van der Waals surface area (Å²) in [7, 11) is 1.68. The van der Waals surface area contributed by atoms with Crippen molar-refractivity contribution < 1.29 is 31.9 Å². The van der Waals surface area contributed by atoms with Gasteiger partial charge in [0.05, 0.1) is 20.2 Å². The van der Waals surface area contributed by atoms with E-state index in [1.165, 1.54) is 25.9 Å². The molecule has 3 aromatic carbocycles. The van der Waals surface area contributed by atoms with Crippen LogP contribution in [-0.4, -0.2) is 38.5 Å². The SMILES string of the molecule is COc1ccc2c(c1)CSc1ccccc1C2(O)c1ccc(OCC[NH+]2CCCC2)cc1.[Cl-]. The number of quaternary nitrogens is 1. The molecule has 174 valence electrons. The molecule has 0 amide bonds. The first kappa shape index (κ1) is 24.0. The van der Waals surface area contributed by atoms with Crippen LogP contribution in [0.25, 0.3) is 0 Å². The molecule has 0 bridgehead atoms. The molecule has 33 heavy (non-hydrogen) atoms. The molecule has 1 saturated heterocycles. The predicted octanol–water partition coefficient (Wildman–Crippen LogP) is 0.647. The van der Waals surface area contributed by atoms with Crippen molar-refractivity contribution >= 4 is 11.8 Å². The Labute approximate surface area is 206 Å². The molecule has 0 aliphatic carbocycles. The van der Waals surface area contributed by atoms with E-state index in [4.69, 9.17) is 9.47 Å². The van der Waals surface area contributed by atoms with E-state index >= 15 is 0 Å². The maximum absolute atomic E-state index is 12.3. The minimum atomic E-state index is -1.24. The molecular formula is C27H30ClNO3S. The lowest BCUT2D eigenvalue weighted by Crippen LogP contribution is -3.10. The van der Waals surface area contributed by atoms with Crippen LogP contribution in [0.5, 0.6) is 11.5 Å². The zero-order valence-corrected chi connectivity index (χ0v) is 20.4. The van der Waals surface area contributed by atoms with Gasteiger partial charge in [0.25, 0.3) is 0 Å². The molecule has 1 unspecified atom stereocenters. The van der Waals surface area contributed by atoms with Gasteiger partial charge in [0.1, 0.15) is 30.3 Å². The van der Waals surface area contributed by atoms with E-state index < -0.39 is 5.60 Å². The van der Waals surface area contributed by atoms with Crippen LogP contribution in [0.15, 0.2) is 71.6 Å². The van der Waals surface area contributed by atoms with Crippen LogP contribution in [0.4, 0.5) is 0 Å². The van der Waals surface area contributed by atoms with Crippen LogP contribution in [-0.2, 0) is 11.4 Å². The first-order valence-electron chi connectivity index (χ1n) is 11.4. The van der Waals surface area contributed by atoms with Crippen molar-refractivity contribution in [1.82, 2.24) is 0 Å². The lowest BCUT2D eigenvalue weighted by molar-refractivity contribution is -0.887. The average molecular weight is 484 g/mol. The fraction of sp³-hybridized carbons (Fsp3) is 0.333. The Hall–Kier alpha value is -2.18. The van der Waals surface area contributed by atoms with Crippen molar-refractivity contribution in [3.63, 3.8) is 0 Å². The lowest BCUT2D eigenvalue weighted by Gasteiger charge is -2.31. The van der Waals surface area contributed by atoms with E-state index in [-0.39, 0.29) is 12.4 Å². The highest BCUT2D eigenvalue weighted by molar-refractivity contribution is 7.98. The van der Waals surface area contributed by atoms with Gasteiger partial charge in [-0.25, -0.2) is 0 Å². The molecule has 0 aromatic heterocycles. The second-order valence-corrected chi connectivity index (χ2v) is 9.62. The Kier molecular flexibility index (Phi) is 7.55. The first-order chi connectivity index (χ1) is 15.7. The zero-order chi connectivity index (χ0) is 22.0. The molecule has 2 aliphatic rings. The van der Waals surface area contributed by atoms with Gasteiger partial charge in [0, 0.05) is 29.1 Å². The number of fused-ring (bicyclic) bond motifs is 2. The van der Waals surface area contributed by atoms with Gasteiger partial charge in [-0.15, -0.1) is 11.8 Å². The molecule has 0 spiro atoms. The van der Waals surface area contributed by atoms with Crippen molar-refractivity contribution in [2.75, 3.05) is 33.4 Å². The van der Waals surface area contributed by atoms with E-state index in [9.17, 15) is 5.11 Å². The normalized spacial score (nSPS) is 19.7. The summed E-state index contributed by atoms with van der Waals surface area (Å²) in [4.78, 5) is 2.73. The summed E-state index contributed by atoms with van der Waals surface area (Å²) < 4.78 is 11.5. The van der Waals surface area contributed by atoms with E-state index in [0.717, 1.165) is 57.6 Å². The number of halogens is 1. The van der Waals surface area contributed by atoms with Gasteiger partial charge in [0.15, 0.2) is 0 Å². The lowest BCUT2D eigenvalue weighted by atomic mass is 9.78. The molecule has 2 N–H and O–H groups in total. The van der Waals surface area contributed by atoms with Gasteiger partial charge in [-0.05, 0) is 47.0 Å². The van der Waals surface area contributed by atoms with Crippen molar-refractivity contribution in [3.8, 4) is 11.5 Å². The topological polar surface area (TPSA) is 43.1 Å². The predicted molar refractivity (Wildman–Crippen MR) is 128 cm³/mol. The van der Waals surface area contributed by atoms with E-state index in [2.05, 4.69) is 6.07 Å². The smallest absolute Gasteiger partial charge is 0.141 e. The molecular weight excluding hydrogens is 454 g/mol. The number of nitrogens with one attached hydrogen (secondary N) is 1. The molecule has 2 aliphatic heterocycles. The number of rotatable bonds is 6. The Balaban J connectivity index is 0.00000259. The first-order valence-corrected chi connectivity index (χ1v) is 12.4. The van der Waals surface area contributed by atoms with Crippen LogP contribution >= 0.6 is 11.8 Å². The molecule has 4 nitrogen and oxygen atoms in total. The Bertz CT molecular complexity index is 1080. The summed E-state index contributed by atoms with van der Waals surface area (Å²) in [6.07, 6.45) is 2.66. The second kappa shape index (κ2) is 10.4. The second-order valence-electron chi connectivity index (χ2n) is 8.60. The largest absolute Gasteiger partial charge is 1.00 e. The van der Waals surface area contributed by atoms with Crippen LogP contribution in [0, 0.1) is 0 Å². The maximum atomic E-state index is 12.3. The third-order valence-corrected chi connectivity index (χ3v) is 7.79. The van der Waals surface area contributed by atoms with Gasteiger partial charge in [0.2, 0.25) is 0 Å². The Morgan fingerprint density at radius 1 is 0.939 bits per heavy atom. The third-order valence-electron chi connectivity index (χ3n) is 6.67. The molecule has 0 saturated carbocycles. The van der Waals surface area contributed by atoms with Crippen molar-refractivity contribution in [2.24, 2.45) is 0 Å². The highest BCUT2D eigenvalue weighted by Crippen LogP contribution is 2.47. The Morgan fingerprint density at radius 3 is 2.42 bits per heavy atom. The molecule has 5 rings (SSSR count). The number of hydrogen-bond acceptors (Lipinski definition) is 4. The highest BCUT2D eigenvalue weighted by Gasteiger charge is 2.39. The van der Waals surface area contributed by atoms with Crippen LogP contribution in [0.2, 0.25) is 0 Å². The molecule has 0 radical (unpaired) electrons. The molecule has 2 heterocycles. The van der Waals surface area contributed by atoms with E-state index in [1.54, 1.807) is 23.8 Å². The molecule has 3 aromatic rings. The highest BCUT2D eigenvalue weighted by atomic mass is 35.5. The van der Waals surface area contributed by atoms with Gasteiger partial charge in [-0.1, -0.05) is 36.4 Å². The number of methoxy groups -OCH3 is 1. The number of ether oxygens (including phenoxy) is 2. The van der Waals surface area contributed by atoms with E-state index in [1.807, 2.05) is 60.7 Å². The minimum absolute atomic E-state index is 0. The summed E-state index contributed by atoms with van der Waals surface area (Å²) in [6.45, 7) is 4.29. The maximum Gasteiger partial charge on any atom is 0.141 e. The summed E-state index contributed by atoms with van der Waals surface area (Å²) in [5.41, 5.74) is 2.51. The Morgan fingerprint density at radius 2 is 1.67 bits per heavy atom. The average Bonchev–Trinajstić information content (AvgIpc) is 3.32. The van der Waals surface area contributed by atoms with Gasteiger partial charge < -0.3 is 31.9 Å². The molecule has 6 heteroatoms. The van der Waals surface area contributed by atoms with Gasteiger partial charge >= 0.3 is 0 Å². The zero-order valence-electron chi connectivity index (χ0n) is 18.9. The van der Waals surface area contributed by atoms with Crippen LogP contribution in [0.1, 0.15) is 35.1 Å².